The van der Waals surface area contributed by atoms with Crippen molar-refractivity contribution in [2.45, 2.75) is 0 Å². The lowest BCUT2D eigenvalue weighted by Crippen LogP contribution is -1.92. The van der Waals surface area contributed by atoms with E-state index in [9.17, 15) is 0 Å². The fourth-order valence-electron chi connectivity index (χ4n) is 7.72. The van der Waals surface area contributed by atoms with Crippen molar-refractivity contribution in [3.63, 3.8) is 0 Å². The second-order valence-electron chi connectivity index (χ2n) is 12.2. The largest absolute Gasteiger partial charge is 0.455 e. The molecular weight excluding hydrogens is 569 g/mol. The van der Waals surface area contributed by atoms with Gasteiger partial charge in [0.05, 0.1) is 0 Å². The van der Waals surface area contributed by atoms with Crippen LogP contribution in [-0.4, -0.2) is 0 Å². The summed E-state index contributed by atoms with van der Waals surface area (Å²) in [6.45, 7) is 0. The summed E-state index contributed by atoms with van der Waals surface area (Å²) in [5.41, 5.74) is 8.96. The molecule has 0 unspecified atom stereocenters. The minimum Gasteiger partial charge on any atom is -0.455 e. The van der Waals surface area contributed by atoms with E-state index in [2.05, 4.69) is 164 Å². The molecule has 9 aromatic carbocycles. The van der Waals surface area contributed by atoms with E-state index in [1.165, 1.54) is 54.7 Å². The Hall–Kier alpha value is -6.36. The smallest absolute Gasteiger partial charge is 0.143 e. The van der Waals surface area contributed by atoms with Gasteiger partial charge >= 0.3 is 0 Å². The summed E-state index contributed by atoms with van der Waals surface area (Å²) >= 11 is 0. The molecule has 0 saturated carbocycles. The molecule has 0 N–H and O–H groups in total. The molecule has 1 heteroatoms. The van der Waals surface area contributed by atoms with Crippen LogP contribution in [0.2, 0.25) is 0 Å². The van der Waals surface area contributed by atoms with E-state index < -0.39 is 0 Å². The van der Waals surface area contributed by atoms with Gasteiger partial charge in [0.1, 0.15) is 11.2 Å². The van der Waals surface area contributed by atoms with Crippen LogP contribution >= 0.6 is 0 Å². The molecule has 0 spiro atoms. The van der Waals surface area contributed by atoms with Crippen molar-refractivity contribution < 1.29 is 4.42 Å². The van der Waals surface area contributed by atoms with Gasteiger partial charge in [0.2, 0.25) is 0 Å². The van der Waals surface area contributed by atoms with Crippen molar-refractivity contribution in [2.24, 2.45) is 0 Å². The van der Waals surface area contributed by atoms with Crippen LogP contribution < -0.4 is 0 Å². The highest BCUT2D eigenvalue weighted by Gasteiger charge is 2.21. The maximum Gasteiger partial charge on any atom is 0.143 e. The second kappa shape index (κ2) is 10.1. The minimum atomic E-state index is 0.896. The minimum absolute atomic E-state index is 0.896. The monoisotopic (exact) mass is 594 g/mol. The molecule has 0 fully saturated rings. The average Bonchev–Trinajstić information content (AvgIpc) is 3.54. The van der Waals surface area contributed by atoms with Gasteiger partial charge in [0.25, 0.3) is 0 Å². The molecule has 0 saturated heterocycles. The molecule has 1 heterocycles. The second-order valence-corrected chi connectivity index (χ2v) is 12.2. The van der Waals surface area contributed by atoms with Crippen LogP contribution in [0.1, 0.15) is 0 Å². The van der Waals surface area contributed by atoms with Crippen LogP contribution in [0.3, 0.4) is 0 Å². The molecule has 1 nitrogen and oxygen atoms in total. The maximum absolute atomic E-state index is 6.66. The van der Waals surface area contributed by atoms with E-state index in [0.29, 0.717) is 0 Å². The molecule has 216 valence electrons. The molecule has 10 aromatic rings. The Morgan fingerprint density at radius 1 is 0.404 bits per heavy atom. The van der Waals surface area contributed by atoms with E-state index in [4.69, 9.17) is 4.42 Å². The fraction of sp³-hybridized carbons (Fsp3) is 0. The van der Waals surface area contributed by atoms with Crippen LogP contribution in [0.25, 0.3) is 98.4 Å². The molecule has 0 aliphatic rings. The van der Waals surface area contributed by atoms with Gasteiger partial charge < -0.3 is 4.42 Å². The summed E-state index contributed by atoms with van der Waals surface area (Å²) in [7, 11) is 0. The van der Waals surface area contributed by atoms with Crippen LogP contribution in [-0.2, 0) is 0 Å². The van der Waals surface area contributed by atoms with Gasteiger partial charge in [0, 0.05) is 27.1 Å². The van der Waals surface area contributed by atoms with Crippen molar-refractivity contribution in [2.75, 3.05) is 0 Å². The summed E-state index contributed by atoms with van der Waals surface area (Å²) in [5.74, 6) is 0. The van der Waals surface area contributed by atoms with Gasteiger partial charge in [-0.3, -0.25) is 0 Å². The number of hydrogen-bond donors (Lipinski definition) is 0. The molecule has 1 aromatic heterocycles. The SMILES string of the molecule is c1ccc2c(-c3ccc4oc5c6ccccc6c6ccccc6c5c4c3)c3ccccc3c(-c3ccccc3-c3ccccc3)c2c#1. The Balaban J connectivity index is 1.31. The normalized spacial score (nSPS) is 11.7. The molecule has 0 bridgehead atoms. The Kier molecular flexibility index (Phi) is 5.56. The van der Waals surface area contributed by atoms with Crippen molar-refractivity contribution in [1.29, 1.82) is 0 Å². The van der Waals surface area contributed by atoms with E-state index in [-0.39, 0.29) is 0 Å². The van der Waals surface area contributed by atoms with Crippen LogP contribution in [0.4, 0.5) is 0 Å². The highest BCUT2D eigenvalue weighted by Crippen LogP contribution is 2.47. The maximum atomic E-state index is 6.66. The number of fused-ring (bicyclic) bond motifs is 10. The van der Waals surface area contributed by atoms with Crippen LogP contribution in [0.15, 0.2) is 162 Å². The lowest BCUT2D eigenvalue weighted by Gasteiger charge is -2.18. The third-order valence-corrected chi connectivity index (χ3v) is 9.70. The Morgan fingerprint density at radius 2 is 1.02 bits per heavy atom. The van der Waals surface area contributed by atoms with Crippen molar-refractivity contribution in [3.8, 4) is 33.4 Å². The number of rotatable bonds is 3. The van der Waals surface area contributed by atoms with Crippen LogP contribution in [0, 0.1) is 12.1 Å². The number of furan rings is 1. The summed E-state index contributed by atoms with van der Waals surface area (Å²) in [6.07, 6.45) is 0. The first-order valence-electron chi connectivity index (χ1n) is 16.0. The van der Waals surface area contributed by atoms with Gasteiger partial charge in [-0.1, -0.05) is 146 Å². The summed E-state index contributed by atoms with van der Waals surface area (Å²) in [5, 5.41) is 11.7. The Bertz CT molecular complexity index is 2780. The predicted octanol–water partition coefficient (Wildman–Crippen LogP) is 12.8. The zero-order valence-corrected chi connectivity index (χ0v) is 25.4. The van der Waals surface area contributed by atoms with E-state index in [1.807, 2.05) is 6.07 Å². The summed E-state index contributed by atoms with van der Waals surface area (Å²) in [4.78, 5) is 0. The number of benzene rings is 8. The van der Waals surface area contributed by atoms with E-state index >= 15 is 0 Å². The molecule has 47 heavy (non-hydrogen) atoms. The van der Waals surface area contributed by atoms with Crippen molar-refractivity contribution in [3.05, 3.63) is 170 Å². The van der Waals surface area contributed by atoms with Gasteiger partial charge in [-0.05, 0) is 84.4 Å². The highest BCUT2D eigenvalue weighted by molar-refractivity contribution is 6.31. The molecular formula is C46H26O. The first-order chi connectivity index (χ1) is 23.3. The Labute approximate surface area is 271 Å². The highest BCUT2D eigenvalue weighted by atomic mass is 16.3. The quantitative estimate of drug-likeness (QED) is 0.186. The van der Waals surface area contributed by atoms with Gasteiger partial charge in [-0.15, -0.1) is 0 Å². The van der Waals surface area contributed by atoms with Crippen molar-refractivity contribution >= 4 is 65.0 Å². The van der Waals surface area contributed by atoms with Crippen LogP contribution in [0.5, 0.6) is 0 Å². The zero-order chi connectivity index (χ0) is 30.9. The lowest BCUT2D eigenvalue weighted by atomic mass is 9.84. The average molecular weight is 595 g/mol. The first-order valence-corrected chi connectivity index (χ1v) is 16.0. The standard InChI is InChI=1S/C46H26O/c1-2-14-29(15-3-1)31-16-4-7-19-34(31)44-38-23-11-9-21-36(38)43(37-22-10-12-24-39(37)44)30-26-27-42-41(28-30)45-35-20-8-5-17-32(35)33-18-6-13-25-40(33)46(45)47-42/h1-11,13-23,25-28H. The van der Waals surface area contributed by atoms with Crippen molar-refractivity contribution in [1.82, 2.24) is 0 Å². The molecule has 0 aliphatic carbocycles. The summed E-state index contributed by atoms with van der Waals surface area (Å²) < 4.78 is 6.66. The van der Waals surface area contributed by atoms with Gasteiger partial charge in [0.15, 0.2) is 0 Å². The topological polar surface area (TPSA) is 13.1 Å². The van der Waals surface area contributed by atoms with E-state index in [0.717, 1.165) is 43.7 Å². The lowest BCUT2D eigenvalue weighted by molar-refractivity contribution is 0.673. The fourth-order valence-corrected chi connectivity index (χ4v) is 7.72. The zero-order valence-electron chi connectivity index (χ0n) is 25.4. The van der Waals surface area contributed by atoms with Gasteiger partial charge in [-0.25, -0.2) is 0 Å². The third kappa shape index (κ3) is 3.80. The Morgan fingerprint density at radius 3 is 1.81 bits per heavy atom. The molecule has 10 rings (SSSR count). The third-order valence-electron chi connectivity index (χ3n) is 9.70. The molecule has 0 amide bonds. The molecule has 0 aliphatic heterocycles. The first kappa shape index (κ1) is 25.9. The van der Waals surface area contributed by atoms with Gasteiger partial charge in [-0.2, -0.15) is 0 Å². The summed E-state index contributed by atoms with van der Waals surface area (Å²) in [6, 6.07) is 63.2. The number of hydrogen-bond acceptors (Lipinski definition) is 1. The molecule has 0 atom stereocenters. The predicted molar refractivity (Wildman–Crippen MR) is 198 cm³/mol. The van der Waals surface area contributed by atoms with E-state index in [1.54, 1.807) is 0 Å². The molecule has 0 radical (unpaired) electrons.